The molecule has 0 fully saturated rings. The first-order valence-electron chi connectivity index (χ1n) is 12.5. The van der Waals surface area contributed by atoms with E-state index in [2.05, 4.69) is 28.5 Å². The first-order valence-corrected chi connectivity index (χ1v) is 12.5. The van der Waals surface area contributed by atoms with Crippen molar-refractivity contribution in [1.82, 2.24) is 14.5 Å². The van der Waals surface area contributed by atoms with Crippen LogP contribution >= 0.6 is 0 Å². The van der Waals surface area contributed by atoms with Gasteiger partial charge in [-0.05, 0) is 24.6 Å². The number of aromatic nitrogens is 2. The molecular formula is C30H32F3N3. The van der Waals surface area contributed by atoms with E-state index >= 15 is 0 Å². The molecule has 1 aromatic heterocycles. The van der Waals surface area contributed by atoms with Gasteiger partial charge >= 0.3 is 6.18 Å². The highest BCUT2D eigenvalue weighted by atomic mass is 19.4. The fourth-order valence-corrected chi connectivity index (χ4v) is 4.51. The van der Waals surface area contributed by atoms with Crippen molar-refractivity contribution >= 4 is 0 Å². The van der Waals surface area contributed by atoms with Crippen molar-refractivity contribution in [2.24, 2.45) is 0 Å². The van der Waals surface area contributed by atoms with E-state index < -0.39 is 11.7 Å². The van der Waals surface area contributed by atoms with E-state index in [-0.39, 0.29) is 12.1 Å². The third-order valence-corrected chi connectivity index (χ3v) is 6.42. The summed E-state index contributed by atoms with van der Waals surface area (Å²) < 4.78 is 43.3. The van der Waals surface area contributed by atoms with Gasteiger partial charge in [-0.1, -0.05) is 99.1 Å². The van der Waals surface area contributed by atoms with Gasteiger partial charge in [0.25, 0.3) is 0 Å². The molecule has 0 unspecified atom stereocenters. The Labute approximate surface area is 211 Å². The predicted octanol–water partition coefficient (Wildman–Crippen LogP) is 8.06. The smallest absolute Gasteiger partial charge is 0.326 e. The Balaban J connectivity index is 1.79. The van der Waals surface area contributed by atoms with Gasteiger partial charge < -0.3 is 4.57 Å². The van der Waals surface area contributed by atoms with Crippen molar-refractivity contribution in [3.05, 3.63) is 102 Å². The molecule has 0 saturated carbocycles. The predicted molar refractivity (Wildman–Crippen MR) is 139 cm³/mol. The van der Waals surface area contributed by atoms with Gasteiger partial charge in [0.2, 0.25) is 0 Å². The minimum Gasteiger partial charge on any atom is -0.326 e. The van der Waals surface area contributed by atoms with Gasteiger partial charge in [-0.15, -0.1) is 0 Å². The summed E-state index contributed by atoms with van der Waals surface area (Å²) in [5.74, 6) is 0.893. The number of hydrogen-bond acceptors (Lipinski definition) is 2. The molecule has 0 spiro atoms. The second kappa shape index (κ2) is 11.6. The Morgan fingerprint density at radius 2 is 1.39 bits per heavy atom. The zero-order valence-corrected chi connectivity index (χ0v) is 20.8. The average Bonchev–Trinajstić information content (AvgIpc) is 3.25. The lowest BCUT2D eigenvalue weighted by molar-refractivity contribution is -0.138. The molecule has 0 atom stereocenters. The second-order valence-corrected chi connectivity index (χ2v) is 8.93. The quantitative estimate of drug-likeness (QED) is 0.224. The fraction of sp³-hybridized carbons (Fsp3) is 0.300. The first-order chi connectivity index (χ1) is 17.4. The molecule has 4 aromatic rings. The van der Waals surface area contributed by atoms with Crippen molar-refractivity contribution in [2.75, 3.05) is 6.54 Å². The van der Waals surface area contributed by atoms with Crippen LogP contribution in [0.3, 0.4) is 0 Å². The van der Waals surface area contributed by atoms with Crippen molar-refractivity contribution in [3.63, 3.8) is 0 Å². The monoisotopic (exact) mass is 491 g/mol. The standard InChI is InChI=1S/C30H32F3N3/c1-3-5-20-36-27(22-35(4-2)21-25-18-12-13-19-26(25)30(31,32)33)28(23-14-8-6-9-15-23)34-29(36)24-16-10-7-11-17-24/h6-19H,3-5,20-22H2,1-2H3. The van der Waals surface area contributed by atoms with E-state index in [1.807, 2.05) is 55.5 Å². The number of imidazole rings is 1. The third-order valence-electron chi connectivity index (χ3n) is 6.42. The van der Waals surface area contributed by atoms with Gasteiger partial charge in [-0.3, -0.25) is 4.90 Å². The number of nitrogens with zero attached hydrogens (tertiary/aromatic N) is 3. The number of hydrogen-bond donors (Lipinski definition) is 0. The summed E-state index contributed by atoms with van der Waals surface area (Å²) in [4.78, 5) is 7.17. The molecule has 0 radical (unpaired) electrons. The summed E-state index contributed by atoms with van der Waals surface area (Å²) in [6.07, 6.45) is -2.36. The Bertz CT molecular complexity index is 1250. The van der Waals surface area contributed by atoms with Crippen molar-refractivity contribution in [2.45, 2.75) is 52.5 Å². The summed E-state index contributed by atoms with van der Waals surface area (Å²) in [5.41, 5.74) is 3.66. The highest BCUT2D eigenvalue weighted by molar-refractivity contribution is 5.68. The minimum absolute atomic E-state index is 0.208. The minimum atomic E-state index is -4.38. The summed E-state index contributed by atoms with van der Waals surface area (Å²) in [5, 5.41) is 0. The van der Waals surface area contributed by atoms with Crippen LogP contribution in [0.5, 0.6) is 0 Å². The summed E-state index contributed by atoms with van der Waals surface area (Å²) in [6.45, 7) is 6.26. The maximum atomic E-state index is 13.7. The SMILES string of the molecule is CCCCn1c(-c2ccccc2)nc(-c2ccccc2)c1CN(CC)Cc1ccccc1C(F)(F)F. The summed E-state index contributed by atoms with van der Waals surface area (Å²) in [7, 11) is 0. The summed E-state index contributed by atoms with van der Waals surface area (Å²) in [6, 6.07) is 26.0. The Morgan fingerprint density at radius 3 is 2.00 bits per heavy atom. The van der Waals surface area contributed by atoms with Crippen LogP contribution in [-0.4, -0.2) is 21.0 Å². The fourth-order valence-electron chi connectivity index (χ4n) is 4.51. The molecule has 36 heavy (non-hydrogen) atoms. The van der Waals surface area contributed by atoms with Crippen molar-refractivity contribution < 1.29 is 13.2 Å². The van der Waals surface area contributed by atoms with Crippen LogP contribution in [0.4, 0.5) is 13.2 Å². The normalized spacial score (nSPS) is 11.8. The van der Waals surface area contributed by atoms with Gasteiger partial charge in [0.1, 0.15) is 5.82 Å². The van der Waals surface area contributed by atoms with E-state index in [0.29, 0.717) is 13.1 Å². The van der Waals surface area contributed by atoms with E-state index in [1.54, 1.807) is 12.1 Å². The number of alkyl halides is 3. The van der Waals surface area contributed by atoms with E-state index in [4.69, 9.17) is 4.98 Å². The Hall–Kier alpha value is -3.38. The Morgan fingerprint density at radius 1 is 0.778 bits per heavy atom. The molecule has 0 aliphatic rings. The average molecular weight is 492 g/mol. The third kappa shape index (κ3) is 5.88. The molecule has 0 amide bonds. The van der Waals surface area contributed by atoms with Gasteiger partial charge in [0, 0.05) is 30.8 Å². The number of unbranched alkanes of at least 4 members (excludes halogenated alkanes) is 1. The number of benzene rings is 3. The zero-order valence-electron chi connectivity index (χ0n) is 20.8. The molecule has 3 nitrogen and oxygen atoms in total. The largest absolute Gasteiger partial charge is 0.416 e. The van der Waals surface area contributed by atoms with Crippen LogP contribution < -0.4 is 0 Å². The molecule has 6 heteroatoms. The first kappa shape index (κ1) is 25.7. The Kier molecular flexibility index (Phi) is 8.26. The highest BCUT2D eigenvalue weighted by Crippen LogP contribution is 2.34. The van der Waals surface area contributed by atoms with Crippen LogP contribution in [0.25, 0.3) is 22.6 Å². The topological polar surface area (TPSA) is 21.1 Å². The molecule has 0 aliphatic heterocycles. The van der Waals surface area contributed by atoms with Gasteiger partial charge in [-0.2, -0.15) is 13.2 Å². The molecule has 0 bridgehead atoms. The van der Waals surface area contributed by atoms with E-state index in [0.717, 1.165) is 53.8 Å². The van der Waals surface area contributed by atoms with E-state index in [1.165, 1.54) is 6.07 Å². The van der Waals surface area contributed by atoms with Crippen LogP contribution in [0.15, 0.2) is 84.9 Å². The van der Waals surface area contributed by atoms with Crippen molar-refractivity contribution in [3.8, 4) is 22.6 Å². The number of rotatable bonds is 10. The molecule has 0 N–H and O–H groups in total. The molecule has 1 heterocycles. The molecular weight excluding hydrogens is 459 g/mol. The highest BCUT2D eigenvalue weighted by Gasteiger charge is 2.33. The number of halogens is 3. The van der Waals surface area contributed by atoms with Crippen LogP contribution in [0.2, 0.25) is 0 Å². The molecule has 188 valence electrons. The van der Waals surface area contributed by atoms with Crippen molar-refractivity contribution in [1.29, 1.82) is 0 Å². The van der Waals surface area contributed by atoms with Crippen LogP contribution in [-0.2, 0) is 25.8 Å². The molecule has 4 rings (SSSR count). The lowest BCUT2D eigenvalue weighted by Crippen LogP contribution is -2.26. The van der Waals surface area contributed by atoms with E-state index in [9.17, 15) is 13.2 Å². The maximum absolute atomic E-state index is 13.7. The molecule has 0 aliphatic carbocycles. The lowest BCUT2D eigenvalue weighted by Gasteiger charge is -2.24. The van der Waals surface area contributed by atoms with Gasteiger partial charge in [0.15, 0.2) is 0 Å². The molecule has 3 aromatic carbocycles. The molecule has 0 saturated heterocycles. The lowest BCUT2D eigenvalue weighted by atomic mass is 10.1. The maximum Gasteiger partial charge on any atom is 0.416 e. The zero-order chi connectivity index (χ0) is 25.5. The van der Waals surface area contributed by atoms with Crippen LogP contribution in [0.1, 0.15) is 43.5 Å². The summed E-state index contributed by atoms with van der Waals surface area (Å²) >= 11 is 0. The van der Waals surface area contributed by atoms with Gasteiger partial charge in [0.05, 0.1) is 17.0 Å². The van der Waals surface area contributed by atoms with Gasteiger partial charge in [-0.25, -0.2) is 4.98 Å². The van der Waals surface area contributed by atoms with Crippen LogP contribution in [0, 0.1) is 0 Å². The second-order valence-electron chi connectivity index (χ2n) is 8.93.